The summed E-state index contributed by atoms with van der Waals surface area (Å²) in [5.41, 5.74) is 0. The largest absolute Gasteiger partial charge is 1.00 e. The Labute approximate surface area is 90.3 Å². The molecule has 4 N–H and O–H groups in total. The maximum absolute atomic E-state index is 8.40. The molecule has 6 heteroatoms. The Hall–Kier alpha value is 0.334. The van der Waals surface area contributed by atoms with Gasteiger partial charge in [0, 0.05) is 18.6 Å². The van der Waals surface area contributed by atoms with Crippen molar-refractivity contribution in [2.45, 2.75) is 13.8 Å². The zero-order valence-electron chi connectivity index (χ0n) is 6.17. The van der Waals surface area contributed by atoms with Crippen molar-refractivity contribution in [2.24, 2.45) is 0 Å². The maximum atomic E-state index is 8.40. The van der Waals surface area contributed by atoms with Crippen LogP contribution in [0.5, 0.6) is 0 Å². The van der Waals surface area contributed by atoms with Crippen LogP contribution in [0, 0.1) is 0 Å². The third-order valence-corrected chi connectivity index (χ3v) is 0.418. The third kappa shape index (κ3) is 38.2. The molecule has 0 saturated heterocycles. The summed E-state index contributed by atoms with van der Waals surface area (Å²) in [6.07, 6.45) is 1.28. The summed E-state index contributed by atoms with van der Waals surface area (Å²) in [4.78, 5) is 8.40. The van der Waals surface area contributed by atoms with Crippen LogP contribution in [0.3, 0.4) is 0 Å². The molecule has 0 amide bonds. The molecule has 0 aliphatic rings. The van der Waals surface area contributed by atoms with Crippen molar-refractivity contribution in [3.63, 3.8) is 0 Å². The van der Waals surface area contributed by atoms with Crippen molar-refractivity contribution >= 4 is 5.78 Å². The number of allylic oxidation sites excluding steroid dienone is 2. The fourth-order valence-corrected chi connectivity index (χ4v) is 0.302. The molecule has 1 radical (unpaired) electrons. The summed E-state index contributed by atoms with van der Waals surface area (Å²) in [5, 5.41) is 8.40. The van der Waals surface area contributed by atoms with Gasteiger partial charge >= 0.3 is 5.78 Å². The van der Waals surface area contributed by atoms with Crippen molar-refractivity contribution in [1.29, 1.82) is 0 Å². The van der Waals surface area contributed by atoms with Crippen molar-refractivity contribution in [2.75, 3.05) is 0 Å². The normalized spacial score (nSPS) is 7.27. The summed E-state index contributed by atoms with van der Waals surface area (Å²) in [5.74, 6) is 0.250. The first-order chi connectivity index (χ1) is 3.13. The Bertz CT molecular complexity index is 112. The number of halogens is 2. The van der Waals surface area contributed by atoms with E-state index in [1.807, 2.05) is 0 Å². The zero-order valence-corrected chi connectivity index (χ0v) is 9.08. The van der Waals surface area contributed by atoms with Gasteiger partial charge in [-0.1, -0.05) is 0 Å². The number of hydrogen-bond acceptors (Lipinski definition) is 1. The van der Waals surface area contributed by atoms with Gasteiger partial charge in [-0.3, -0.25) is 4.79 Å². The van der Waals surface area contributed by atoms with Crippen molar-refractivity contribution < 1.29 is 58.7 Å². The third-order valence-electron chi connectivity index (χ3n) is 0.418. The standard InChI is InChI=1S/C5H8O2.2ClH.H2O.V/c1-4(6)3-5(2)7;;;;/h3,6H,1-2H3;2*1H;1H2;/p-1. The molecular weight excluding hydrogens is 230 g/mol. The molecule has 0 spiro atoms. The van der Waals surface area contributed by atoms with Crippen LogP contribution in [0.25, 0.3) is 0 Å². The van der Waals surface area contributed by atoms with E-state index < -0.39 is 0 Å². The van der Waals surface area contributed by atoms with Crippen LogP contribution in [-0.4, -0.2) is 21.2 Å². The van der Waals surface area contributed by atoms with Gasteiger partial charge in [-0.05, 0) is 6.92 Å². The Morgan fingerprint density at radius 2 is 1.55 bits per heavy atom. The monoisotopic (exact) mass is 240 g/mol. The molecule has 3 nitrogen and oxygen atoms in total. The van der Waals surface area contributed by atoms with Gasteiger partial charge in [-0.15, -0.1) is 0 Å². The fourth-order valence-electron chi connectivity index (χ4n) is 0.302. The molecule has 0 unspecified atom stereocenters. The molecule has 69 valence electrons. The Kier molecular flexibility index (Phi) is 45.9. The number of hydrogen-bond donors (Lipinski definition) is 1. The molecule has 0 atom stereocenters. The summed E-state index contributed by atoms with van der Waals surface area (Å²) in [6, 6.07) is 0. The molecule has 0 aromatic carbocycles. The predicted molar refractivity (Wildman–Crippen MR) is 32.6 cm³/mol. The number of aliphatic hydroxyl groups excluding tert-OH is 1. The van der Waals surface area contributed by atoms with Gasteiger partial charge in [0.1, 0.15) is 0 Å². The smallest absolute Gasteiger partial charge is 0.316 e. The summed E-state index contributed by atoms with van der Waals surface area (Å²) >= 11 is 0. The van der Waals surface area contributed by atoms with Crippen LogP contribution in [-0.2, 0) is 18.6 Å². The maximum Gasteiger partial charge on any atom is 0.316 e. The number of carbonyl (C=O) groups excluding carboxylic acids is 1. The van der Waals surface area contributed by atoms with Gasteiger partial charge in [0.25, 0.3) is 0 Å². The second kappa shape index (κ2) is 16.7. The minimum atomic E-state index is 0. The van der Waals surface area contributed by atoms with E-state index >= 15 is 0 Å². The summed E-state index contributed by atoms with van der Waals surface area (Å²) < 4.78 is 0. The van der Waals surface area contributed by atoms with E-state index in [0.717, 1.165) is 0 Å². The molecule has 0 aliphatic heterocycles. The van der Waals surface area contributed by atoms with Gasteiger partial charge in [0.05, 0.1) is 18.8 Å². The van der Waals surface area contributed by atoms with Crippen molar-refractivity contribution in [3.8, 4) is 0 Å². The number of ketones is 1. The van der Waals surface area contributed by atoms with E-state index in [0.29, 0.717) is 0 Å². The van der Waals surface area contributed by atoms with E-state index in [1.165, 1.54) is 19.9 Å². The summed E-state index contributed by atoms with van der Waals surface area (Å²) in [7, 11) is 0. The molecule has 0 aromatic heterocycles. The zero-order chi connectivity index (χ0) is 5.86. The van der Waals surface area contributed by atoms with Gasteiger partial charge in [0.15, 0.2) is 0 Å². The van der Waals surface area contributed by atoms with Crippen molar-refractivity contribution in [3.05, 3.63) is 11.8 Å². The first-order valence-electron chi connectivity index (χ1n) is 2.02. The van der Waals surface area contributed by atoms with Crippen LogP contribution < -0.4 is 24.8 Å². The van der Waals surface area contributed by atoms with Gasteiger partial charge in [-0.2, -0.15) is 0 Å². The Morgan fingerprint density at radius 1 is 1.27 bits per heavy atom. The summed E-state index contributed by atoms with van der Waals surface area (Å²) in [6.45, 7) is 3.00. The van der Waals surface area contributed by atoms with E-state index in [1.54, 1.807) is 0 Å². The minimum Gasteiger partial charge on any atom is -1.00 e. The molecule has 0 aliphatic carbocycles. The minimum absolute atomic E-state index is 0. The second-order valence-corrected chi connectivity index (χ2v) is 1.43. The molecule has 0 aromatic rings. The topological polar surface area (TPSA) is 73.1 Å². The van der Waals surface area contributed by atoms with Gasteiger partial charge in [-0.25, -0.2) is 0 Å². The Balaban J connectivity index is -0.0000000300. The molecule has 11 heavy (non-hydrogen) atoms. The van der Waals surface area contributed by atoms with Crippen LogP contribution in [0.1, 0.15) is 13.8 Å². The van der Waals surface area contributed by atoms with E-state index in [9.17, 15) is 0 Å². The number of aliphatic hydroxyl groups is 1. The van der Waals surface area contributed by atoms with E-state index in [2.05, 4.69) is 0 Å². The fraction of sp³-hybridized carbons (Fsp3) is 0.400. The van der Waals surface area contributed by atoms with Crippen molar-refractivity contribution in [1.82, 2.24) is 0 Å². The molecule has 0 rings (SSSR count). The quantitative estimate of drug-likeness (QED) is 0.277. The van der Waals surface area contributed by atoms with Crippen LogP contribution in [0.4, 0.5) is 0 Å². The molecule has 0 saturated carbocycles. The predicted octanol–water partition coefficient (Wildman–Crippen LogP) is -5.81. The average molecular weight is 241 g/mol. The second-order valence-electron chi connectivity index (χ2n) is 1.43. The first kappa shape index (κ1) is 30.2. The number of rotatable bonds is 1. The van der Waals surface area contributed by atoms with Crippen LogP contribution >= 0.6 is 0 Å². The van der Waals surface area contributed by atoms with Crippen LogP contribution in [0.15, 0.2) is 11.8 Å². The van der Waals surface area contributed by atoms with Crippen LogP contribution in [0.2, 0.25) is 0 Å². The molecule has 0 heterocycles. The molecular formula is C5H11Cl2O3V-. The van der Waals surface area contributed by atoms with Gasteiger partial charge < -0.3 is 35.4 Å². The van der Waals surface area contributed by atoms with Gasteiger partial charge in [0.2, 0.25) is 0 Å². The molecule has 0 bridgehead atoms. The molecule has 0 fully saturated rings. The first-order valence-corrected chi connectivity index (χ1v) is 2.02. The van der Waals surface area contributed by atoms with E-state index in [4.69, 9.17) is 9.90 Å². The average Bonchev–Trinajstić information content (AvgIpc) is 1.27. The SMILES string of the molecule is CC(=[OH+])C=C(C)O.O.[Cl-].[Cl-].[V]. The van der Waals surface area contributed by atoms with E-state index in [-0.39, 0.29) is 60.4 Å². The Morgan fingerprint density at radius 3 is 1.55 bits per heavy atom.